The number of H-pyrrole nitrogens is 1. The van der Waals surface area contributed by atoms with E-state index in [4.69, 9.17) is 10.3 Å². The number of hydrogen-bond acceptors (Lipinski definition) is 4. The molecule has 0 bridgehead atoms. The Bertz CT molecular complexity index is 1320. The van der Waals surface area contributed by atoms with Gasteiger partial charge >= 0.3 is 0 Å². The maximum Gasteiger partial charge on any atom is 0.253 e. The molecule has 1 aliphatic heterocycles. The molecular weight excluding hydrogens is 392 g/mol. The molecule has 158 valence electrons. The Morgan fingerprint density at radius 2 is 1.84 bits per heavy atom. The number of nitrogens with one attached hydrogen (secondary N) is 1. The average molecular weight is 416 g/mol. The van der Waals surface area contributed by atoms with Gasteiger partial charge in [-0.2, -0.15) is 0 Å². The number of rotatable bonds is 3. The maximum absolute atomic E-state index is 12.9. The number of nitrogens with two attached hydrogens (primary N) is 1. The standard InChI is InChI=1S/C24H24N4O3/c1-13-21(14(2)31-27-13)16-10-18-17-7-6-15(24(30)28-8-4-3-5-9-28)12-20(17)26-22(18)19(11-16)23(25)29/h6-7,10-12,26H,3-5,8-9H2,1-2H3,(H2,25,29). The summed E-state index contributed by atoms with van der Waals surface area (Å²) in [6, 6.07) is 9.45. The molecule has 2 aromatic heterocycles. The van der Waals surface area contributed by atoms with Gasteiger partial charge in [-0.05, 0) is 62.9 Å². The highest BCUT2D eigenvalue weighted by atomic mass is 16.5. The molecule has 2 aromatic carbocycles. The molecule has 7 heteroatoms. The third-order valence-corrected chi connectivity index (χ3v) is 6.19. The van der Waals surface area contributed by atoms with Crippen LogP contribution in [0.4, 0.5) is 0 Å². The number of amides is 2. The van der Waals surface area contributed by atoms with Crippen molar-refractivity contribution in [3.63, 3.8) is 0 Å². The number of fused-ring (bicyclic) bond motifs is 3. The molecule has 0 saturated carbocycles. The molecule has 0 aliphatic carbocycles. The Hall–Kier alpha value is -3.61. The molecular formula is C24H24N4O3. The third kappa shape index (κ3) is 3.17. The molecule has 2 amide bonds. The quantitative estimate of drug-likeness (QED) is 0.519. The first-order valence-corrected chi connectivity index (χ1v) is 10.6. The number of aryl methyl sites for hydroxylation is 2. The van der Waals surface area contributed by atoms with Crippen LogP contribution in [0.2, 0.25) is 0 Å². The van der Waals surface area contributed by atoms with Crippen LogP contribution in [0.1, 0.15) is 51.4 Å². The SMILES string of the molecule is Cc1noc(C)c1-c1cc(C(N)=O)c2[nH]c3cc(C(=O)N4CCCCC4)ccc3c2c1. The van der Waals surface area contributed by atoms with Crippen LogP contribution in [0.25, 0.3) is 32.9 Å². The van der Waals surface area contributed by atoms with Crippen LogP contribution in [-0.4, -0.2) is 39.9 Å². The number of carbonyl (C=O) groups excluding carboxylic acids is 2. The van der Waals surface area contributed by atoms with Gasteiger partial charge in [-0.25, -0.2) is 0 Å². The van der Waals surface area contributed by atoms with Crippen LogP contribution in [0.5, 0.6) is 0 Å². The van der Waals surface area contributed by atoms with Gasteiger partial charge in [0, 0.05) is 40.5 Å². The number of carbonyl (C=O) groups is 2. The van der Waals surface area contributed by atoms with Gasteiger partial charge in [0.15, 0.2) is 0 Å². The fraction of sp³-hybridized carbons (Fsp3) is 0.292. The Balaban J connectivity index is 1.68. The highest BCUT2D eigenvalue weighted by Crippen LogP contribution is 2.35. The van der Waals surface area contributed by atoms with E-state index in [1.807, 2.05) is 43.0 Å². The second-order valence-electron chi connectivity index (χ2n) is 8.25. The van der Waals surface area contributed by atoms with E-state index in [-0.39, 0.29) is 5.91 Å². The lowest BCUT2D eigenvalue weighted by Crippen LogP contribution is -2.35. The lowest BCUT2D eigenvalue weighted by Gasteiger charge is -2.26. The zero-order valence-corrected chi connectivity index (χ0v) is 17.6. The summed E-state index contributed by atoms with van der Waals surface area (Å²) in [5.41, 5.74) is 10.7. The van der Waals surface area contributed by atoms with Crippen LogP contribution in [-0.2, 0) is 0 Å². The largest absolute Gasteiger partial charge is 0.366 e. The molecule has 1 saturated heterocycles. The summed E-state index contributed by atoms with van der Waals surface area (Å²) in [6.07, 6.45) is 3.27. The van der Waals surface area contributed by atoms with Gasteiger partial charge in [0.25, 0.3) is 11.8 Å². The normalized spacial score (nSPS) is 14.5. The van der Waals surface area contributed by atoms with Crippen LogP contribution in [0, 0.1) is 13.8 Å². The number of primary amides is 1. The summed E-state index contributed by atoms with van der Waals surface area (Å²) in [5.74, 6) is 0.211. The highest BCUT2D eigenvalue weighted by Gasteiger charge is 2.21. The number of hydrogen-bond donors (Lipinski definition) is 2. The molecule has 3 heterocycles. The minimum absolute atomic E-state index is 0.0480. The summed E-state index contributed by atoms with van der Waals surface area (Å²) < 4.78 is 5.31. The molecule has 0 spiro atoms. The molecule has 7 nitrogen and oxygen atoms in total. The zero-order chi connectivity index (χ0) is 21.7. The lowest BCUT2D eigenvalue weighted by atomic mass is 9.97. The third-order valence-electron chi connectivity index (χ3n) is 6.19. The van der Waals surface area contributed by atoms with Crippen molar-refractivity contribution in [3.8, 4) is 11.1 Å². The predicted octanol–water partition coefficient (Wildman–Crippen LogP) is 4.32. The first-order valence-electron chi connectivity index (χ1n) is 10.6. The molecule has 0 radical (unpaired) electrons. The van der Waals surface area contributed by atoms with Crippen molar-refractivity contribution in [1.82, 2.24) is 15.0 Å². The van der Waals surface area contributed by atoms with Gasteiger partial charge in [-0.15, -0.1) is 0 Å². The van der Waals surface area contributed by atoms with Crippen molar-refractivity contribution in [2.75, 3.05) is 13.1 Å². The van der Waals surface area contributed by atoms with Gasteiger partial charge in [0.2, 0.25) is 0 Å². The van der Waals surface area contributed by atoms with Crippen LogP contribution in [0.3, 0.4) is 0 Å². The Morgan fingerprint density at radius 1 is 1.06 bits per heavy atom. The second kappa shape index (κ2) is 7.27. The van der Waals surface area contributed by atoms with E-state index >= 15 is 0 Å². The van der Waals surface area contributed by atoms with E-state index < -0.39 is 5.91 Å². The molecule has 4 aromatic rings. The number of piperidine rings is 1. The summed E-state index contributed by atoms with van der Waals surface area (Å²) in [7, 11) is 0. The van der Waals surface area contributed by atoms with E-state index in [2.05, 4.69) is 10.1 Å². The Kier molecular flexibility index (Phi) is 4.54. The topological polar surface area (TPSA) is 105 Å². The minimum Gasteiger partial charge on any atom is -0.366 e. The summed E-state index contributed by atoms with van der Waals surface area (Å²) >= 11 is 0. The van der Waals surface area contributed by atoms with Crippen molar-refractivity contribution in [2.45, 2.75) is 33.1 Å². The molecule has 0 atom stereocenters. The number of nitrogens with zero attached hydrogens (tertiary/aromatic N) is 2. The van der Waals surface area contributed by atoms with Crippen LogP contribution < -0.4 is 5.73 Å². The predicted molar refractivity (Wildman–Crippen MR) is 119 cm³/mol. The van der Waals surface area contributed by atoms with E-state index in [0.29, 0.717) is 22.4 Å². The molecule has 31 heavy (non-hydrogen) atoms. The number of benzene rings is 2. The molecule has 5 rings (SSSR count). The van der Waals surface area contributed by atoms with Gasteiger partial charge in [-0.3, -0.25) is 9.59 Å². The van der Waals surface area contributed by atoms with E-state index in [0.717, 1.165) is 59.0 Å². The molecule has 0 unspecified atom stereocenters. The van der Waals surface area contributed by atoms with Gasteiger partial charge < -0.3 is 20.1 Å². The minimum atomic E-state index is -0.519. The number of likely N-dealkylation sites (tertiary alicyclic amines) is 1. The Labute approximate surface area is 179 Å². The maximum atomic E-state index is 12.9. The van der Waals surface area contributed by atoms with E-state index in [1.54, 1.807) is 6.07 Å². The lowest BCUT2D eigenvalue weighted by molar-refractivity contribution is 0.0724. The van der Waals surface area contributed by atoms with Gasteiger partial charge in [0.1, 0.15) is 5.76 Å². The zero-order valence-electron chi connectivity index (χ0n) is 17.6. The van der Waals surface area contributed by atoms with Crippen molar-refractivity contribution in [1.29, 1.82) is 0 Å². The van der Waals surface area contributed by atoms with Gasteiger partial charge in [0.05, 0.1) is 16.8 Å². The summed E-state index contributed by atoms with van der Waals surface area (Å²) in [4.78, 5) is 30.4. The second-order valence-corrected chi connectivity index (χ2v) is 8.25. The summed E-state index contributed by atoms with van der Waals surface area (Å²) in [5, 5.41) is 5.84. The van der Waals surface area contributed by atoms with E-state index in [9.17, 15) is 9.59 Å². The van der Waals surface area contributed by atoms with Gasteiger partial charge in [-0.1, -0.05) is 11.2 Å². The molecule has 3 N–H and O–H groups in total. The first-order chi connectivity index (χ1) is 14.9. The average Bonchev–Trinajstić information content (AvgIpc) is 3.31. The van der Waals surface area contributed by atoms with Crippen molar-refractivity contribution < 1.29 is 14.1 Å². The van der Waals surface area contributed by atoms with Crippen molar-refractivity contribution in [2.24, 2.45) is 5.73 Å². The number of aromatic amines is 1. The van der Waals surface area contributed by atoms with Crippen molar-refractivity contribution in [3.05, 3.63) is 52.9 Å². The first kappa shape index (κ1) is 19.4. The fourth-order valence-electron chi connectivity index (χ4n) is 4.65. The molecule has 1 aliphatic rings. The monoisotopic (exact) mass is 416 g/mol. The van der Waals surface area contributed by atoms with Crippen LogP contribution in [0.15, 0.2) is 34.9 Å². The fourth-order valence-corrected chi connectivity index (χ4v) is 4.65. The molecule has 1 fully saturated rings. The van der Waals surface area contributed by atoms with E-state index in [1.165, 1.54) is 6.42 Å². The highest BCUT2D eigenvalue weighted by molar-refractivity contribution is 6.17. The smallest absolute Gasteiger partial charge is 0.253 e. The number of aromatic nitrogens is 2. The Morgan fingerprint density at radius 3 is 2.52 bits per heavy atom. The van der Waals surface area contributed by atoms with Crippen molar-refractivity contribution >= 4 is 33.6 Å². The summed E-state index contributed by atoms with van der Waals surface area (Å²) in [6.45, 7) is 5.32. The van der Waals surface area contributed by atoms with Crippen LogP contribution >= 0.6 is 0 Å².